The number of hydrazone groups is 1. The molecule has 5 nitrogen and oxygen atoms in total. The van der Waals surface area contributed by atoms with Crippen molar-refractivity contribution >= 4 is 23.2 Å². The summed E-state index contributed by atoms with van der Waals surface area (Å²) in [5.41, 5.74) is 7.05. The number of hydrogen-bond donors (Lipinski definition) is 2. The number of fused-ring (bicyclic) bond motifs is 1. The molecular weight excluding hydrogens is 326 g/mol. The minimum absolute atomic E-state index is 0.126. The van der Waals surface area contributed by atoms with Crippen LogP contribution in [0.5, 0.6) is 0 Å². The van der Waals surface area contributed by atoms with Gasteiger partial charge in [0.25, 0.3) is 5.91 Å². The van der Waals surface area contributed by atoms with Crippen LogP contribution in [0, 0.1) is 0 Å². The fourth-order valence-electron chi connectivity index (χ4n) is 3.17. The van der Waals surface area contributed by atoms with E-state index >= 15 is 0 Å². The van der Waals surface area contributed by atoms with Crippen molar-refractivity contribution < 1.29 is 9.59 Å². The van der Waals surface area contributed by atoms with Crippen LogP contribution in [0.4, 0.5) is 5.69 Å². The second-order valence-electron chi connectivity index (χ2n) is 6.53. The van der Waals surface area contributed by atoms with Crippen LogP contribution >= 0.6 is 0 Å². The van der Waals surface area contributed by atoms with Crippen LogP contribution in [0.2, 0.25) is 0 Å². The van der Waals surface area contributed by atoms with Gasteiger partial charge < -0.3 is 5.32 Å². The van der Waals surface area contributed by atoms with E-state index < -0.39 is 0 Å². The van der Waals surface area contributed by atoms with E-state index in [1.807, 2.05) is 18.2 Å². The molecule has 0 saturated heterocycles. The molecule has 5 heteroatoms. The third-order valence-corrected chi connectivity index (χ3v) is 4.47. The maximum atomic E-state index is 12.3. The molecule has 2 aromatic carbocycles. The van der Waals surface area contributed by atoms with E-state index in [9.17, 15) is 9.59 Å². The fraction of sp³-hybridized carbons (Fsp3) is 0.286. The first kappa shape index (κ1) is 17.9. The SMILES string of the molecule is C/C(CC(=O)Nc1cccc2c1CCCC2)=N\NC(=O)c1ccccc1. The van der Waals surface area contributed by atoms with Gasteiger partial charge in [-0.05, 0) is 61.9 Å². The molecule has 0 radical (unpaired) electrons. The summed E-state index contributed by atoms with van der Waals surface area (Å²) in [5, 5.41) is 7.01. The number of rotatable bonds is 5. The Balaban J connectivity index is 1.57. The van der Waals surface area contributed by atoms with Crippen molar-refractivity contribution in [3.63, 3.8) is 0 Å². The highest BCUT2D eigenvalue weighted by Gasteiger charge is 2.14. The Morgan fingerprint density at radius 3 is 2.58 bits per heavy atom. The Morgan fingerprint density at radius 1 is 1.00 bits per heavy atom. The number of aryl methyl sites for hydroxylation is 1. The normalized spacial score (nSPS) is 13.7. The lowest BCUT2D eigenvalue weighted by molar-refractivity contribution is -0.115. The zero-order valence-corrected chi connectivity index (χ0v) is 14.9. The van der Waals surface area contributed by atoms with Crippen LogP contribution in [0.25, 0.3) is 0 Å². The van der Waals surface area contributed by atoms with E-state index in [4.69, 9.17) is 0 Å². The fourth-order valence-corrected chi connectivity index (χ4v) is 3.17. The van der Waals surface area contributed by atoms with Crippen LogP contribution in [-0.2, 0) is 17.6 Å². The molecule has 0 aromatic heterocycles. The summed E-state index contributed by atoms with van der Waals surface area (Å²) in [6, 6.07) is 14.9. The summed E-state index contributed by atoms with van der Waals surface area (Å²) >= 11 is 0. The van der Waals surface area contributed by atoms with Gasteiger partial charge in [-0.3, -0.25) is 9.59 Å². The van der Waals surface area contributed by atoms with Gasteiger partial charge in [0.05, 0.1) is 6.42 Å². The maximum absolute atomic E-state index is 12.3. The number of carbonyl (C=O) groups is 2. The highest BCUT2D eigenvalue weighted by atomic mass is 16.2. The number of nitrogens with one attached hydrogen (secondary N) is 2. The van der Waals surface area contributed by atoms with Crippen molar-refractivity contribution in [1.82, 2.24) is 5.43 Å². The van der Waals surface area contributed by atoms with Crippen LogP contribution in [-0.4, -0.2) is 17.5 Å². The largest absolute Gasteiger partial charge is 0.325 e. The molecule has 0 heterocycles. The molecule has 1 aliphatic rings. The zero-order chi connectivity index (χ0) is 18.4. The summed E-state index contributed by atoms with van der Waals surface area (Å²) in [7, 11) is 0. The molecular formula is C21H23N3O2. The number of carbonyl (C=O) groups excluding carboxylic acids is 2. The third-order valence-electron chi connectivity index (χ3n) is 4.47. The molecule has 26 heavy (non-hydrogen) atoms. The van der Waals surface area contributed by atoms with Gasteiger partial charge in [-0.15, -0.1) is 0 Å². The average molecular weight is 349 g/mol. The lowest BCUT2D eigenvalue weighted by atomic mass is 9.90. The van der Waals surface area contributed by atoms with Crippen molar-refractivity contribution in [3.05, 3.63) is 65.2 Å². The van der Waals surface area contributed by atoms with E-state index in [0.29, 0.717) is 11.3 Å². The van der Waals surface area contributed by atoms with E-state index in [-0.39, 0.29) is 18.2 Å². The summed E-state index contributed by atoms with van der Waals surface area (Å²) in [4.78, 5) is 24.3. The molecule has 0 fully saturated rings. The highest BCUT2D eigenvalue weighted by Crippen LogP contribution is 2.27. The number of nitrogens with zero attached hydrogens (tertiary/aromatic N) is 1. The van der Waals surface area contributed by atoms with E-state index in [0.717, 1.165) is 24.9 Å². The molecule has 0 saturated carbocycles. The number of amides is 2. The first-order chi connectivity index (χ1) is 12.6. The van der Waals surface area contributed by atoms with Crippen molar-refractivity contribution in [2.45, 2.75) is 39.0 Å². The second kappa shape index (κ2) is 8.43. The summed E-state index contributed by atoms with van der Waals surface area (Å²) in [6.45, 7) is 1.73. The van der Waals surface area contributed by atoms with Crippen LogP contribution in [0.3, 0.4) is 0 Å². The Labute approximate surface area is 153 Å². The van der Waals surface area contributed by atoms with Crippen LogP contribution < -0.4 is 10.7 Å². The molecule has 0 atom stereocenters. The third kappa shape index (κ3) is 4.57. The first-order valence-corrected chi connectivity index (χ1v) is 8.92. The van der Waals surface area contributed by atoms with Crippen molar-refractivity contribution in [2.24, 2.45) is 5.10 Å². The highest BCUT2D eigenvalue weighted by molar-refractivity contribution is 6.06. The number of benzene rings is 2. The molecule has 0 unspecified atom stereocenters. The molecule has 0 bridgehead atoms. The molecule has 2 amide bonds. The average Bonchev–Trinajstić information content (AvgIpc) is 2.67. The number of hydrogen-bond acceptors (Lipinski definition) is 3. The minimum Gasteiger partial charge on any atom is -0.325 e. The molecule has 2 aromatic rings. The van der Waals surface area contributed by atoms with Gasteiger partial charge in [-0.25, -0.2) is 5.43 Å². The van der Waals surface area contributed by atoms with Gasteiger partial charge in [0.2, 0.25) is 5.91 Å². The molecule has 0 spiro atoms. The van der Waals surface area contributed by atoms with Gasteiger partial charge in [-0.2, -0.15) is 5.10 Å². The summed E-state index contributed by atoms with van der Waals surface area (Å²) in [6.07, 6.45) is 4.58. The van der Waals surface area contributed by atoms with Gasteiger partial charge in [0.1, 0.15) is 0 Å². The molecule has 134 valence electrons. The van der Waals surface area contributed by atoms with E-state index in [1.54, 1.807) is 31.2 Å². The Kier molecular flexibility index (Phi) is 5.79. The van der Waals surface area contributed by atoms with Gasteiger partial charge in [-0.1, -0.05) is 30.3 Å². The minimum atomic E-state index is -0.289. The number of anilines is 1. The van der Waals surface area contributed by atoms with Crippen molar-refractivity contribution in [1.29, 1.82) is 0 Å². The van der Waals surface area contributed by atoms with E-state index in [1.165, 1.54) is 17.5 Å². The lowest BCUT2D eigenvalue weighted by Crippen LogP contribution is -2.22. The maximum Gasteiger partial charge on any atom is 0.271 e. The van der Waals surface area contributed by atoms with Gasteiger partial charge in [0.15, 0.2) is 0 Å². The summed E-state index contributed by atoms with van der Waals surface area (Å²) in [5.74, 6) is -0.415. The standard InChI is InChI=1S/C21H23N3O2/c1-15(23-24-21(26)17-9-3-2-4-10-17)14-20(25)22-19-13-7-11-16-8-5-6-12-18(16)19/h2-4,7,9-11,13H,5-6,8,12,14H2,1H3,(H,22,25)(H,24,26)/b23-15+. The quantitative estimate of drug-likeness (QED) is 0.638. The van der Waals surface area contributed by atoms with Crippen LogP contribution in [0.1, 0.15) is 47.7 Å². The van der Waals surface area contributed by atoms with Gasteiger partial charge >= 0.3 is 0 Å². The Morgan fingerprint density at radius 2 is 1.77 bits per heavy atom. The molecule has 3 rings (SSSR count). The zero-order valence-electron chi connectivity index (χ0n) is 14.9. The predicted molar refractivity (Wildman–Crippen MR) is 103 cm³/mol. The topological polar surface area (TPSA) is 70.6 Å². The van der Waals surface area contributed by atoms with Crippen molar-refractivity contribution in [2.75, 3.05) is 5.32 Å². The van der Waals surface area contributed by atoms with Crippen molar-refractivity contribution in [3.8, 4) is 0 Å². The predicted octanol–water partition coefficient (Wildman–Crippen LogP) is 3.70. The Bertz CT molecular complexity index is 828. The van der Waals surface area contributed by atoms with E-state index in [2.05, 4.69) is 21.9 Å². The lowest BCUT2D eigenvalue weighted by Gasteiger charge is -2.19. The smallest absolute Gasteiger partial charge is 0.271 e. The second-order valence-corrected chi connectivity index (χ2v) is 6.53. The molecule has 2 N–H and O–H groups in total. The summed E-state index contributed by atoms with van der Waals surface area (Å²) < 4.78 is 0. The molecule has 1 aliphatic carbocycles. The first-order valence-electron chi connectivity index (χ1n) is 8.92. The Hall–Kier alpha value is -2.95. The molecule has 0 aliphatic heterocycles. The van der Waals surface area contributed by atoms with Gasteiger partial charge in [0, 0.05) is 17.0 Å². The monoisotopic (exact) mass is 349 g/mol. The van der Waals surface area contributed by atoms with Crippen LogP contribution in [0.15, 0.2) is 53.6 Å².